The van der Waals surface area contributed by atoms with E-state index in [1.54, 1.807) is 6.21 Å². The summed E-state index contributed by atoms with van der Waals surface area (Å²) in [4.78, 5) is 0. The van der Waals surface area contributed by atoms with Crippen LogP contribution in [0, 0.1) is 0 Å². The average Bonchev–Trinajstić information content (AvgIpc) is 2.97. The van der Waals surface area contributed by atoms with E-state index in [9.17, 15) is 0 Å². The van der Waals surface area contributed by atoms with Crippen molar-refractivity contribution < 1.29 is 0 Å². The van der Waals surface area contributed by atoms with Gasteiger partial charge in [-0.15, -0.1) is 5.10 Å². The standard InChI is InChI=1S/C22H16N2/c1-2-9-17(10-3-1)11-8-16-23-24-22-20-14-6-4-12-18(20)19-13-5-7-15-21(19)22/h1-16H/b11-8+,23-16+. The summed E-state index contributed by atoms with van der Waals surface area (Å²) in [5.74, 6) is 0. The Morgan fingerprint density at radius 2 is 1.12 bits per heavy atom. The Morgan fingerprint density at radius 3 is 1.75 bits per heavy atom. The lowest BCUT2D eigenvalue weighted by atomic mass is 10.1. The Balaban J connectivity index is 1.63. The van der Waals surface area contributed by atoms with E-state index in [2.05, 4.69) is 58.7 Å². The Bertz CT molecular complexity index is 903. The smallest absolute Gasteiger partial charge is 0.101 e. The number of hydrogen-bond donors (Lipinski definition) is 0. The van der Waals surface area contributed by atoms with Crippen molar-refractivity contribution in [1.29, 1.82) is 0 Å². The minimum absolute atomic E-state index is 0.936. The summed E-state index contributed by atoms with van der Waals surface area (Å²) in [7, 11) is 0. The van der Waals surface area contributed by atoms with Crippen LogP contribution in [0.15, 0.2) is 95.1 Å². The molecule has 1 aliphatic carbocycles. The first-order valence-electron chi connectivity index (χ1n) is 7.95. The van der Waals surface area contributed by atoms with Crippen molar-refractivity contribution in [3.63, 3.8) is 0 Å². The molecule has 0 N–H and O–H groups in total. The molecule has 1 aliphatic rings. The van der Waals surface area contributed by atoms with Crippen molar-refractivity contribution in [2.75, 3.05) is 0 Å². The fourth-order valence-electron chi connectivity index (χ4n) is 2.95. The van der Waals surface area contributed by atoms with Crippen molar-refractivity contribution in [2.45, 2.75) is 0 Å². The zero-order valence-electron chi connectivity index (χ0n) is 13.1. The molecular weight excluding hydrogens is 292 g/mol. The molecule has 2 nitrogen and oxygen atoms in total. The van der Waals surface area contributed by atoms with E-state index in [1.165, 1.54) is 11.1 Å². The van der Waals surface area contributed by atoms with E-state index in [0.29, 0.717) is 0 Å². The highest BCUT2D eigenvalue weighted by atomic mass is 15.2. The van der Waals surface area contributed by atoms with Gasteiger partial charge in [0.2, 0.25) is 0 Å². The molecule has 0 bridgehead atoms. The van der Waals surface area contributed by atoms with Crippen molar-refractivity contribution in [3.8, 4) is 11.1 Å². The molecule has 0 amide bonds. The number of nitrogens with zero attached hydrogens (tertiary/aromatic N) is 2. The number of benzene rings is 3. The molecule has 24 heavy (non-hydrogen) atoms. The number of allylic oxidation sites excluding steroid dienone is 1. The van der Waals surface area contributed by atoms with E-state index in [0.717, 1.165) is 22.4 Å². The van der Waals surface area contributed by atoms with Crippen molar-refractivity contribution in [1.82, 2.24) is 0 Å². The van der Waals surface area contributed by atoms with Crippen LogP contribution in [0.25, 0.3) is 17.2 Å². The predicted octanol–water partition coefficient (Wildman–Crippen LogP) is 5.20. The molecule has 0 spiro atoms. The van der Waals surface area contributed by atoms with Crippen LogP contribution in [0.2, 0.25) is 0 Å². The van der Waals surface area contributed by atoms with E-state index >= 15 is 0 Å². The Hall–Kier alpha value is -3.26. The van der Waals surface area contributed by atoms with Gasteiger partial charge in [-0.1, -0.05) is 84.9 Å². The van der Waals surface area contributed by atoms with Crippen LogP contribution in [0.3, 0.4) is 0 Å². The van der Waals surface area contributed by atoms with E-state index < -0.39 is 0 Å². The average molecular weight is 308 g/mol. The molecule has 0 atom stereocenters. The highest BCUT2D eigenvalue weighted by Crippen LogP contribution is 2.36. The third kappa shape index (κ3) is 2.70. The lowest BCUT2D eigenvalue weighted by Gasteiger charge is -1.97. The summed E-state index contributed by atoms with van der Waals surface area (Å²) in [6.07, 6.45) is 5.65. The summed E-state index contributed by atoms with van der Waals surface area (Å²) >= 11 is 0. The maximum atomic E-state index is 4.47. The summed E-state index contributed by atoms with van der Waals surface area (Å²) in [5, 5.41) is 8.71. The molecule has 0 saturated heterocycles. The zero-order valence-corrected chi connectivity index (χ0v) is 13.1. The lowest BCUT2D eigenvalue weighted by Crippen LogP contribution is -1.96. The number of hydrogen-bond acceptors (Lipinski definition) is 2. The number of fused-ring (bicyclic) bond motifs is 3. The number of rotatable bonds is 3. The fourth-order valence-corrected chi connectivity index (χ4v) is 2.95. The molecule has 2 heteroatoms. The Labute approximate surface area is 141 Å². The van der Waals surface area contributed by atoms with Crippen LogP contribution >= 0.6 is 0 Å². The second-order valence-electron chi connectivity index (χ2n) is 5.57. The third-order valence-corrected chi connectivity index (χ3v) is 4.05. The van der Waals surface area contributed by atoms with Crippen molar-refractivity contribution in [3.05, 3.63) is 102 Å². The maximum absolute atomic E-state index is 4.47. The molecule has 0 aromatic heterocycles. The first-order valence-corrected chi connectivity index (χ1v) is 7.95. The molecule has 4 rings (SSSR count). The molecular formula is C22H16N2. The van der Waals surface area contributed by atoms with Gasteiger partial charge in [-0.05, 0) is 22.8 Å². The Kier molecular flexibility index (Phi) is 3.86. The fraction of sp³-hybridized carbons (Fsp3) is 0. The van der Waals surface area contributed by atoms with Gasteiger partial charge in [-0.25, -0.2) is 0 Å². The van der Waals surface area contributed by atoms with Crippen LogP contribution in [0.4, 0.5) is 0 Å². The van der Waals surface area contributed by atoms with Gasteiger partial charge in [-0.3, -0.25) is 0 Å². The zero-order chi connectivity index (χ0) is 16.2. The van der Waals surface area contributed by atoms with Gasteiger partial charge >= 0.3 is 0 Å². The topological polar surface area (TPSA) is 24.7 Å². The van der Waals surface area contributed by atoms with E-state index in [1.807, 2.05) is 42.5 Å². The van der Waals surface area contributed by atoms with Crippen LogP contribution in [-0.2, 0) is 0 Å². The first-order chi connectivity index (χ1) is 11.9. The summed E-state index contributed by atoms with van der Waals surface area (Å²) in [6.45, 7) is 0. The minimum atomic E-state index is 0.936. The van der Waals surface area contributed by atoms with Crippen LogP contribution in [-0.4, -0.2) is 11.9 Å². The largest absolute Gasteiger partial charge is 0.159 e. The second kappa shape index (κ2) is 6.47. The highest BCUT2D eigenvalue weighted by Gasteiger charge is 2.23. The maximum Gasteiger partial charge on any atom is 0.101 e. The lowest BCUT2D eigenvalue weighted by molar-refractivity contribution is 1.25. The quantitative estimate of drug-likeness (QED) is 0.367. The monoisotopic (exact) mass is 308 g/mol. The normalized spacial score (nSPS) is 12.6. The second-order valence-corrected chi connectivity index (χ2v) is 5.57. The van der Waals surface area contributed by atoms with Gasteiger partial charge in [0.25, 0.3) is 0 Å². The van der Waals surface area contributed by atoms with Crippen LogP contribution < -0.4 is 0 Å². The molecule has 0 fully saturated rings. The van der Waals surface area contributed by atoms with Crippen molar-refractivity contribution in [2.24, 2.45) is 10.2 Å². The SMILES string of the molecule is C(=C\c1ccccc1)/C=N/N=C1c2ccccc2-c2ccccc21. The van der Waals surface area contributed by atoms with E-state index in [4.69, 9.17) is 0 Å². The predicted molar refractivity (Wildman–Crippen MR) is 101 cm³/mol. The van der Waals surface area contributed by atoms with Gasteiger partial charge in [-0.2, -0.15) is 5.10 Å². The van der Waals surface area contributed by atoms with Gasteiger partial charge in [0.1, 0.15) is 5.71 Å². The first kappa shape index (κ1) is 14.3. The molecule has 3 aromatic carbocycles. The van der Waals surface area contributed by atoms with Gasteiger partial charge in [0.15, 0.2) is 0 Å². The van der Waals surface area contributed by atoms with Gasteiger partial charge < -0.3 is 0 Å². The van der Waals surface area contributed by atoms with Gasteiger partial charge in [0.05, 0.1) is 0 Å². The van der Waals surface area contributed by atoms with Crippen LogP contribution in [0.1, 0.15) is 16.7 Å². The molecule has 0 aliphatic heterocycles. The summed E-state index contributed by atoms with van der Waals surface area (Å²) in [6, 6.07) is 26.8. The molecule has 3 aromatic rings. The molecule has 0 saturated carbocycles. The molecule has 0 radical (unpaired) electrons. The third-order valence-electron chi connectivity index (χ3n) is 4.05. The van der Waals surface area contributed by atoms with E-state index in [-0.39, 0.29) is 0 Å². The molecule has 0 unspecified atom stereocenters. The highest BCUT2D eigenvalue weighted by molar-refractivity contribution is 6.24. The van der Waals surface area contributed by atoms with Crippen molar-refractivity contribution >= 4 is 18.0 Å². The summed E-state index contributed by atoms with van der Waals surface area (Å²) < 4.78 is 0. The molecule has 0 heterocycles. The molecule has 114 valence electrons. The van der Waals surface area contributed by atoms with Crippen LogP contribution in [0.5, 0.6) is 0 Å². The van der Waals surface area contributed by atoms with Gasteiger partial charge in [0, 0.05) is 17.3 Å². The minimum Gasteiger partial charge on any atom is -0.159 e. The summed E-state index contributed by atoms with van der Waals surface area (Å²) in [5.41, 5.74) is 6.81. The Morgan fingerprint density at radius 1 is 0.583 bits per heavy atom.